The summed E-state index contributed by atoms with van der Waals surface area (Å²) >= 11 is 2.21. The molecule has 0 aliphatic carbocycles. The second-order valence-electron chi connectivity index (χ2n) is 3.93. The van der Waals surface area contributed by atoms with Gasteiger partial charge in [0.1, 0.15) is 0 Å². The third kappa shape index (κ3) is 3.17. The van der Waals surface area contributed by atoms with Crippen molar-refractivity contribution in [2.75, 3.05) is 26.3 Å². The van der Waals surface area contributed by atoms with Crippen molar-refractivity contribution in [3.63, 3.8) is 0 Å². The van der Waals surface area contributed by atoms with E-state index in [2.05, 4.69) is 22.6 Å². The van der Waals surface area contributed by atoms with Gasteiger partial charge in [-0.25, -0.2) is 0 Å². The van der Waals surface area contributed by atoms with Crippen LogP contribution >= 0.6 is 22.6 Å². The fourth-order valence-electron chi connectivity index (χ4n) is 1.79. The molecular formula is C12H14INO3. The van der Waals surface area contributed by atoms with Crippen LogP contribution in [0.3, 0.4) is 0 Å². The standard InChI is InChI=1S/C12H14INO3/c13-10-3-1-9(2-4-10)12(16)14-5-6-17-11(7-14)8-15/h1-4,11,15H,5-8H2. The highest BCUT2D eigenvalue weighted by Crippen LogP contribution is 2.12. The zero-order valence-corrected chi connectivity index (χ0v) is 11.5. The number of morpholine rings is 1. The Hall–Kier alpha value is -0.660. The molecule has 1 amide bonds. The zero-order chi connectivity index (χ0) is 12.3. The Morgan fingerprint density at radius 3 is 2.82 bits per heavy atom. The van der Waals surface area contributed by atoms with Crippen molar-refractivity contribution in [3.8, 4) is 0 Å². The first-order valence-electron chi connectivity index (χ1n) is 5.48. The summed E-state index contributed by atoms with van der Waals surface area (Å²) in [5.41, 5.74) is 0.684. The van der Waals surface area contributed by atoms with Crippen LogP contribution in [-0.4, -0.2) is 48.3 Å². The predicted molar refractivity (Wildman–Crippen MR) is 71.9 cm³/mol. The molecule has 1 N–H and O–H groups in total. The van der Waals surface area contributed by atoms with Crippen LogP contribution in [0.5, 0.6) is 0 Å². The number of rotatable bonds is 2. The minimum atomic E-state index is -0.253. The van der Waals surface area contributed by atoms with E-state index in [4.69, 9.17) is 9.84 Å². The lowest BCUT2D eigenvalue weighted by molar-refractivity contribution is -0.0447. The zero-order valence-electron chi connectivity index (χ0n) is 9.30. The maximum absolute atomic E-state index is 12.2. The number of carbonyl (C=O) groups is 1. The second-order valence-corrected chi connectivity index (χ2v) is 5.18. The summed E-state index contributed by atoms with van der Waals surface area (Å²) in [6.45, 7) is 1.49. The van der Waals surface area contributed by atoms with Gasteiger partial charge >= 0.3 is 0 Å². The number of carbonyl (C=O) groups excluding carboxylic acids is 1. The number of nitrogens with zero attached hydrogens (tertiary/aromatic N) is 1. The summed E-state index contributed by atoms with van der Waals surface area (Å²) in [5, 5.41) is 9.03. The minimum Gasteiger partial charge on any atom is -0.394 e. The Labute approximate surface area is 114 Å². The van der Waals surface area contributed by atoms with Crippen LogP contribution in [0.2, 0.25) is 0 Å². The highest BCUT2D eigenvalue weighted by atomic mass is 127. The first kappa shape index (κ1) is 12.8. The van der Waals surface area contributed by atoms with Gasteiger partial charge in [-0.1, -0.05) is 0 Å². The maximum Gasteiger partial charge on any atom is 0.254 e. The topological polar surface area (TPSA) is 49.8 Å². The second kappa shape index (κ2) is 5.79. The summed E-state index contributed by atoms with van der Waals surface area (Å²) in [7, 11) is 0. The van der Waals surface area contributed by atoms with Crippen molar-refractivity contribution in [2.45, 2.75) is 6.10 Å². The molecule has 92 valence electrons. The molecule has 0 aromatic heterocycles. The molecule has 5 heteroatoms. The average Bonchev–Trinajstić information content (AvgIpc) is 2.39. The summed E-state index contributed by atoms with van der Waals surface area (Å²) in [4.78, 5) is 13.9. The number of benzene rings is 1. The van der Waals surface area contributed by atoms with Crippen LogP contribution in [-0.2, 0) is 4.74 Å². The minimum absolute atomic E-state index is 0.00292. The maximum atomic E-state index is 12.2. The third-order valence-electron chi connectivity index (χ3n) is 2.72. The molecule has 0 radical (unpaired) electrons. The molecule has 2 rings (SSSR count). The summed E-state index contributed by atoms with van der Waals surface area (Å²) in [6.07, 6.45) is -0.253. The number of ether oxygens (including phenoxy) is 1. The molecule has 1 saturated heterocycles. The van der Waals surface area contributed by atoms with Crippen LogP contribution in [0, 0.1) is 3.57 Å². The summed E-state index contributed by atoms with van der Waals surface area (Å²) in [5.74, 6) is 0.00292. The molecule has 1 aromatic carbocycles. The fourth-order valence-corrected chi connectivity index (χ4v) is 2.15. The third-order valence-corrected chi connectivity index (χ3v) is 3.44. The molecule has 4 nitrogen and oxygen atoms in total. The van der Waals surface area contributed by atoms with Crippen molar-refractivity contribution in [1.82, 2.24) is 4.90 Å². The lowest BCUT2D eigenvalue weighted by Crippen LogP contribution is -2.46. The van der Waals surface area contributed by atoms with E-state index in [0.717, 1.165) is 3.57 Å². The molecular weight excluding hydrogens is 333 g/mol. The number of aliphatic hydroxyl groups excluding tert-OH is 1. The Bertz CT molecular complexity index is 393. The lowest BCUT2D eigenvalue weighted by Gasteiger charge is -2.32. The quantitative estimate of drug-likeness (QED) is 0.816. The first-order chi connectivity index (χ1) is 8.20. The normalized spacial score (nSPS) is 20.4. The number of hydrogen-bond donors (Lipinski definition) is 1. The molecule has 17 heavy (non-hydrogen) atoms. The monoisotopic (exact) mass is 347 g/mol. The molecule has 1 aliphatic heterocycles. The van der Waals surface area contributed by atoms with Crippen LogP contribution in [0.4, 0.5) is 0 Å². The van der Waals surface area contributed by atoms with Crippen molar-refractivity contribution in [1.29, 1.82) is 0 Å². The van der Waals surface area contributed by atoms with E-state index in [1.165, 1.54) is 0 Å². The van der Waals surface area contributed by atoms with E-state index in [1.807, 2.05) is 24.3 Å². The van der Waals surface area contributed by atoms with Crippen molar-refractivity contribution >= 4 is 28.5 Å². The molecule has 1 aliphatic rings. The van der Waals surface area contributed by atoms with Crippen LogP contribution in [0.25, 0.3) is 0 Å². The number of aliphatic hydroxyl groups is 1. The van der Waals surface area contributed by atoms with Gasteiger partial charge in [-0.05, 0) is 46.9 Å². The molecule has 1 unspecified atom stereocenters. The lowest BCUT2D eigenvalue weighted by atomic mass is 10.2. The summed E-state index contributed by atoms with van der Waals surface area (Å²) < 4.78 is 6.42. The smallest absolute Gasteiger partial charge is 0.254 e. The van der Waals surface area contributed by atoms with Crippen LogP contribution in [0.1, 0.15) is 10.4 Å². The molecule has 0 spiro atoms. The van der Waals surface area contributed by atoms with Gasteiger partial charge in [-0.2, -0.15) is 0 Å². The number of amides is 1. The van der Waals surface area contributed by atoms with E-state index in [1.54, 1.807) is 4.90 Å². The van der Waals surface area contributed by atoms with E-state index in [0.29, 0.717) is 25.3 Å². The van der Waals surface area contributed by atoms with Gasteiger partial charge in [0.25, 0.3) is 5.91 Å². The van der Waals surface area contributed by atoms with Gasteiger partial charge in [0, 0.05) is 22.2 Å². The van der Waals surface area contributed by atoms with Crippen molar-refractivity contribution in [3.05, 3.63) is 33.4 Å². The fraction of sp³-hybridized carbons (Fsp3) is 0.417. The van der Waals surface area contributed by atoms with Crippen LogP contribution in [0.15, 0.2) is 24.3 Å². The van der Waals surface area contributed by atoms with Gasteiger partial charge in [-0.15, -0.1) is 0 Å². The molecule has 0 saturated carbocycles. The van der Waals surface area contributed by atoms with Gasteiger partial charge in [0.2, 0.25) is 0 Å². The van der Waals surface area contributed by atoms with E-state index in [-0.39, 0.29) is 18.6 Å². The molecule has 1 atom stereocenters. The molecule has 1 aromatic rings. The van der Waals surface area contributed by atoms with Gasteiger partial charge in [0.15, 0.2) is 0 Å². The van der Waals surface area contributed by atoms with Crippen molar-refractivity contribution < 1.29 is 14.6 Å². The Morgan fingerprint density at radius 1 is 1.47 bits per heavy atom. The predicted octanol–water partition coefficient (Wildman–Crippen LogP) is 1.12. The van der Waals surface area contributed by atoms with Crippen LogP contribution < -0.4 is 0 Å². The highest BCUT2D eigenvalue weighted by molar-refractivity contribution is 14.1. The largest absolute Gasteiger partial charge is 0.394 e. The molecule has 1 heterocycles. The van der Waals surface area contributed by atoms with Gasteiger partial charge in [0.05, 0.1) is 19.3 Å². The van der Waals surface area contributed by atoms with E-state index >= 15 is 0 Å². The Balaban J connectivity index is 2.06. The van der Waals surface area contributed by atoms with Gasteiger partial charge < -0.3 is 14.7 Å². The Kier molecular flexibility index (Phi) is 4.36. The van der Waals surface area contributed by atoms with Gasteiger partial charge in [-0.3, -0.25) is 4.79 Å². The Morgan fingerprint density at radius 2 is 2.18 bits per heavy atom. The summed E-state index contributed by atoms with van der Waals surface area (Å²) in [6, 6.07) is 7.48. The number of hydrogen-bond acceptors (Lipinski definition) is 3. The van der Waals surface area contributed by atoms with E-state index < -0.39 is 0 Å². The average molecular weight is 347 g/mol. The van der Waals surface area contributed by atoms with E-state index in [9.17, 15) is 4.79 Å². The first-order valence-corrected chi connectivity index (χ1v) is 6.56. The SMILES string of the molecule is O=C(c1ccc(I)cc1)N1CCOC(CO)C1. The molecule has 0 bridgehead atoms. The van der Waals surface area contributed by atoms with Crippen molar-refractivity contribution in [2.24, 2.45) is 0 Å². The highest BCUT2D eigenvalue weighted by Gasteiger charge is 2.24. The molecule has 1 fully saturated rings. The number of halogens is 1.